The summed E-state index contributed by atoms with van der Waals surface area (Å²) in [5.74, 6) is -0.383. The molecule has 126 valence electrons. The van der Waals surface area contributed by atoms with Gasteiger partial charge in [-0.2, -0.15) is 0 Å². The molecule has 0 aromatic heterocycles. The molecule has 0 aliphatic heterocycles. The summed E-state index contributed by atoms with van der Waals surface area (Å²) in [6.45, 7) is 6.02. The van der Waals surface area contributed by atoms with Crippen LogP contribution in [0.25, 0.3) is 6.08 Å². The van der Waals surface area contributed by atoms with Gasteiger partial charge in [-0.25, -0.2) is 9.59 Å². The van der Waals surface area contributed by atoms with E-state index in [-0.39, 0.29) is 5.97 Å². The molecular formula is C18H25NO4. The number of hydrogen-bond donors (Lipinski definition) is 1. The summed E-state index contributed by atoms with van der Waals surface area (Å²) in [6.07, 6.45) is 4.30. The van der Waals surface area contributed by atoms with E-state index in [1.54, 1.807) is 6.08 Å². The fraction of sp³-hybridized carbons (Fsp3) is 0.444. The van der Waals surface area contributed by atoms with Gasteiger partial charge in [0.2, 0.25) is 0 Å². The van der Waals surface area contributed by atoms with Gasteiger partial charge in [0.1, 0.15) is 5.60 Å². The zero-order valence-corrected chi connectivity index (χ0v) is 14.2. The van der Waals surface area contributed by atoms with Crippen LogP contribution in [0.4, 0.5) is 4.79 Å². The number of carbonyl (C=O) groups excluding carboxylic acids is 2. The average Bonchev–Trinajstić information content (AvgIpc) is 2.48. The third-order valence-corrected chi connectivity index (χ3v) is 2.95. The van der Waals surface area contributed by atoms with Gasteiger partial charge < -0.3 is 14.8 Å². The van der Waals surface area contributed by atoms with Crippen molar-refractivity contribution in [3.8, 4) is 0 Å². The van der Waals surface area contributed by atoms with E-state index >= 15 is 0 Å². The van der Waals surface area contributed by atoms with E-state index in [0.717, 1.165) is 24.0 Å². The number of hydrogen-bond acceptors (Lipinski definition) is 4. The molecule has 0 saturated carbocycles. The Hall–Kier alpha value is -2.30. The molecule has 1 aromatic rings. The van der Waals surface area contributed by atoms with Crippen molar-refractivity contribution in [3.63, 3.8) is 0 Å². The van der Waals surface area contributed by atoms with Gasteiger partial charge in [0.05, 0.1) is 7.11 Å². The molecule has 0 atom stereocenters. The van der Waals surface area contributed by atoms with Gasteiger partial charge in [-0.15, -0.1) is 0 Å². The summed E-state index contributed by atoms with van der Waals surface area (Å²) in [6, 6.07) is 7.81. The number of benzene rings is 1. The van der Waals surface area contributed by atoms with Crippen LogP contribution in [-0.2, 0) is 20.7 Å². The molecule has 0 aliphatic rings. The van der Waals surface area contributed by atoms with E-state index in [2.05, 4.69) is 10.1 Å². The molecule has 0 fully saturated rings. The minimum atomic E-state index is -0.491. The Morgan fingerprint density at radius 3 is 2.57 bits per heavy atom. The molecule has 0 radical (unpaired) electrons. The van der Waals surface area contributed by atoms with Gasteiger partial charge in [0.25, 0.3) is 0 Å². The number of nitrogens with one attached hydrogen (secondary N) is 1. The lowest BCUT2D eigenvalue weighted by atomic mass is 10.0. The normalized spacial score (nSPS) is 11.3. The highest BCUT2D eigenvalue weighted by molar-refractivity contribution is 5.87. The van der Waals surface area contributed by atoms with Gasteiger partial charge in [0, 0.05) is 12.6 Å². The van der Waals surface area contributed by atoms with Gasteiger partial charge in [0.15, 0.2) is 0 Å². The maximum Gasteiger partial charge on any atom is 0.407 e. The number of amides is 1. The molecule has 0 spiro atoms. The molecule has 0 unspecified atom stereocenters. The van der Waals surface area contributed by atoms with Crippen molar-refractivity contribution in [1.82, 2.24) is 5.32 Å². The smallest absolute Gasteiger partial charge is 0.407 e. The summed E-state index contributed by atoms with van der Waals surface area (Å²) in [5.41, 5.74) is 1.59. The van der Waals surface area contributed by atoms with Crippen molar-refractivity contribution in [2.75, 3.05) is 13.7 Å². The number of rotatable bonds is 6. The first-order chi connectivity index (χ1) is 10.8. The van der Waals surface area contributed by atoms with E-state index < -0.39 is 11.7 Å². The summed E-state index contributed by atoms with van der Waals surface area (Å²) in [4.78, 5) is 22.7. The van der Waals surface area contributed by atoms with Crippen molar-refractivity contribution >= 4 is 18.1 Å². The summed E-state index contributed by atoms with van der Waals surface area (Å²) in [5, 5.41) is 2.73. The van der Waals surface area contributed by atoms with Crippen molar-refractivity contribution < 1.29 is 19.1 Å². The van der Waals surface area contributed by atoms with Crippen LogP contribution < -0.4 is 5.32 Å². The van der Waals surface area contributed by atoms with Gasteiger partial charge >= 0.3 is 12.1 Å². The zero-order valence-electron chi connectivity index (χ0n) is 14.2. The van der Waals surface area contributed by atoms with Crippen molar-refractivity contribution in [1.29, 1.82) is 0 Å². The van der Waals surface area contributed by atoms with Crippen LogP contribution in [-0.4, -0.2) is 31.3 Å². The van der Waals surface area contributed by atoms with Crippen molar-refractivity contribution in [2.45, 2.75) is 39.2 Å². The van der Waals surface area contributed by atoms with E-state index in [9.17, 15) is 9.59 Å². The third-order valence-electron chi connectivity index (χ3n) is 2.95. The van der Waals surface area contributed by atoms with Crippen LogP contribution in [0.1, 0.15) is 38.3 Å². The Bertz CT molecular complexity index is 558. The fourth-order valence-electron chi connectivity index (χ4n) is 1.93. The average molecular weight is 319 g/mol. The van der Waals surface area contributed by atoms with Crippen LogP contribution in [0, 0.1) is 0 Å². The quantitative estimate of drug-likeness (QED) is 0.496. The molecule has 0 aliphatic carbocycles. The number of methoxy groups -OCH3 is 1. The Morgan fingerprint density at radius 2 is 1.91 bits per heavy atom. The highest BCUT2D eigenvalue weighted by atomic mass is 16.6. The molecule has 1 aromatic carbocycles. The predicted octanol–water partition coefficient (Wildman–Crippen LogP) is 3.33. The van der Waals surface area contributed by atoms with Crippen LogP contribution in [0.2, 0.25) is 0 Å². The van der Waals surface area contributed by atoms with Crippen LogP contribution >= 0.6 is 0 Å². The van der Waals surface area contributed by atoms with E-state index in [0.29, 0.717) is 6.54 Å². The molecule has 1 amide bonds. The number of aryl methyl sites for hydroxylation is 1. The van der Waals surface area contributed by atoms with E-state index in [1.807, 2.05) is 45.0 Å². The van der Waals surface area contributed by atoms with E-state index in [4.69, 9.17) is 4.74 Å². The van der Waals surface area contributed by atoms with Gasteiger partial charge in [-0.3, -0.25) is 0 Å². The first kappa shape index (κ1) is 18.7. The second-order valence-electron chi connectivity index (χ2n) is 6.09. The van der Waals surface area contributed by atoms with Crippen molar-refractivity contribution in [2.24, 2.45) is 0 Å². The molecule has 5 nitrogen and oxygen atoms in total. The molecule has 5 heteroatoms. The Morgan fingerprint density at radius 1 is 1.22 bits per heavy atom. The lowest BCUT2D eigenvalue weighted by molar-refractivity contribution is -0.134. The molecule has 0 heterocycles. The van der Waals surface area contributed by atoms with Gasteiger partial charge in [-0.05, 0) is 50.8 Å². The monoisotopic (exact) mass is 319 g/mol. The lowest BCUT2D eigenvalue weighted by Gasteiger charge is -2.19. The first-order valence-electron chi connectivity index (χ1n) is 7.62. The maximum atomic E-state index is 11.6. The summed E-state index contributed by atoms with van der Waals surface area (Å²) < 4.78 is 9.77. The van der Waals surface area contributed by atoms with E-state index in [1.165, 1.54) is 13.2 Å². The molecular weight excluding hydrogens is 294 g/mol. The Kier molecular flexibility index (Phi) is 7.32. The standard InChI is InChI=1S/C18H25NO4/c1-18(2,3)23-17(21)19-13-7-10-14-8-5-6-9-15(14)11-12-16(20)22-4/h5-6,8-9,11-12H,7,10,13H2,1-4H3,(H,19,21). The second-order valence-corrected chi connectivity index (χ2v) is 6.09. The number of esters is 1. The van der Waals surface area contributed by atoms with Crippen LogP contribution in [0.5, 0.6) is 0 Å². The minimum Gasteiger partial charge on any atom is -0.466 e. The SMILES string of the molecule is COC(=O)C=Cc1ccccc1CCCNC(=O)OC(C)(C)C. The van der Waals surface area contributed by atoms with Crippen LogP contribution in [0.3, 0.4) is 0 Å². The molecule has 1 N–H and O–H groups in total. The fourth-order valence-corrected chi connectivity index (χ4v) is 1.93. The van der Waals surface area contributed by atoms with Crippen molar-refractivity contribution in [3.05, 3.63) is 41.5 Å². The highest BCUT2D eigenvalue weighted by Crippen LogP contribution is 2.13. The number of ether oxygens (including phenoxy) is 2. The lowest BCUT2D eigenvalue weighted by Crippen LogP contribution is -2.33. The highest BCUT2D eigenvalue weighted by Gasteiger charge is 2.15. The first-order valence-corrected chi connectivity index (χ1v) is 7.62. The predicted molar refractivity (Wildman–Crippen MR) is 90.0 cm³/mol. The second kappa shape index (κ2) is 8.98. The molecule has 1 rings (SSSR count). The minimum absolute atomic E-state index is 0.383. The largest absolute Gasteiger partial charge is 0.466 e. The maximum absolute atomic E-state index is 11.6. The summed E-state index contributed by atoms with van der Waals surface area (Å²) >= 11 is 0. The molecule has 0 saturated heterocycles. The van der Waals surface area contributed by atoms with Gasteiger partial charge in [-0.1, -0.05) is 24.3 Å². The third kappa shape index (κ3) is 8.04. The Labute approximate surface area is 137 Å². The molecule has 23 heavy (non-hydrogen) atoms. The zero-order chi connectivity index (χ0) is 17.3. The topological polar surface area (TPSA) is 64.6 Å². The number of carbonyl (C=O) groups is 2. The molecule has 0 bridgehead atoms. The number of alkyl carbamates (subject to hydrolysis) is 1. The summed E-state index contributed by atoms with van der Waals surface area (Å²) in [7, 11) is 1.35. The van der Waals surface area contributed by atoms with Crippen LogP contribution in [0.15, 0.2) is 30.3 Å². The Balaban J connectivity index is 2.48.